The maximum absolute atomic E-state index is 11.2. The smallest absolute Gasteiger partial charge is 0.344 e. The van der Waals surface area contributed by atoms with Crippen molar-refractivity contribution in [2.24, 2.45) is 0 Å². The lowest BCUT2D eigenvalue weighted by Gasteiger charge is -2.19. The molecule has 1 aromatic rings. The molecule has 0 spiro atoms. The number of carbonyl (C=O) groups is 1. The molecule has 0 fully saturated rings. The van der Waals surface area contributed by atoms with Gasteiger partial charge < -0.3 is 19.9 Å². The van der Waals surface area contributed by atoms with Gasteiger partial charge in [-0.3, -0.25) is 0 Å². The van der Waals surface area contributed by atoms with Gasteiger partial charge in [-0.05, 0) is 32.4 Å². The van der Waals surface area contributed by atoms with E-state index in [0.29, 0.717) is 31.1 Å². The second-order valence-electron chi connectivity index (χ2n) is 4.71. The van der Waals surface area contributed by atoms with E-state index < -0.39 is 12.1 Å². The van der Waals surface area contributed by atoms with E-state index in [2.05, 4.69) is 12.2 Å². The fourth-order valence-corrected chi connectivity index (χ4v) is 1.95. The van der Waals surface area contributed by atoms with Crippen molar-refractivity contribution < 1.29 is 19.4 Å². The van der Waals surface area contributed by atoms with E-state index in [0.717, 1.165) is 18.5 Å². The summed E-state index contributed by atoms with van der Waals surface area (Å²) in [7, 11) is 0. The van der Waals surface area contributed by atoms with Gasteiger partial charge in [-0.1, -0.05) is 26.0 Å². The van der Waals surface area contributed by atoms with E-state index in [1.807, 2.05) is 19.1 Å². The minimum atomic E-state index is -0.962. The molecule has 1 aromatic carbocycles. The molecule has 5 nitrogen and oxygen atoms in total. The molecule has 0 radical (unpaired) electrons. The molecule has 0 amide bonds. The molecule has 5 heteroatoms. The third-order valence-corrected chi connectivity index (χ3v) is 3.01. The van der Waals surface area contributed by atoms with E-state index in [1.54, 1.807) is 13.0 Å². The van der Waals surface area contributed by atoms with Crippen molar-refractivity contribution in [1.29, 1.82) is 0 Å². The molecule has 1 rings (SSSR count). The van der Waals surface area contributed by atoms with Crippen molar-refractivity contribution in [3.8, 4) is 11.5 Å². The summed E-state index contributed by atoms with van der Waals surface area (Å²) in [6, 6.07) is 5.62. The Labute approximate surface area is 126 Å². The van der Waals surface area contributed by atoms with Crippen LogP contribution in [-0.2, 0) is 11.3 Å². The van der Waals surface area contributed by atoms with Crippen LogP contribution in [0.25, 0.3) is 0 Å². The maximum atomic E-state index is 11.2. The summed E-state index contributed by atoms with van der Waals surface area (Å²) in [6.45, 7) is 7.80. The number of hydrogen-bond donors (Lipinski definition) is 2. The highest BCUT2D eigenvalue weighted by atomic mass is 16.5. The molecule has 0 bridgehead atoms. The topological polar surface area (TPSA) is 67.8 Å². The van der Waals surface area contributed by atoms with Crippen molar-refractivity contribution in [2.45, 2.75) is 46.3 Å². The van der Waals surface area contributed by atoms with Crippen LogP contribution in [0.3, 0.4) is 0 Å². The SMILES string of the molecule is CCCNCc1cccc(OCC)c1OC(CC)C(=O)O. The van der Waals surface area contributed by atoms with Crippen LogP contribution in [0.4, 0.5) is 0 Å². The van der Waals surface area contributed by atoms with Crippen LogP contribution in [0.2, 0.25) is 0 Å². The number of rotatable bonds is 10. The van der Waals surface area contributed by atoms with Crippen molar-refractivity contribution in [3.05, 3.63) is 23.8 Å². The Morgan fingerprint density at radius 1 is 1.33 bits per heavy atom. The summed E-state index contributed by atoms with van der Waals surface area (Å²) in [5, 5.41) is 12.5. The van der Waals surface area contributed by atoms with Crippen molar-refractivity contribution in [2.75, 3.05) is 13.2 Å². The Balaban J connectivity index is 3.00. The number of para-hydroxylation sites is 1. The van der Waals surface area contributed by atoms with Crippen LogP contribution in [-0.4, -0.2) is 30.3 Å². The number of nitrogens with one attached hydrogen (secondary N) is 1. The van der Waals surface area contributed by atoms with E-state index in [-0.39, 0.29) is 0 Å². The first kappa shape index (κ1) is 17.3. The number of ether oxygens (including phenoxy) is 2. The highest BCUT2D eigenvalue weighted by Crippen LogP contribution is 2.32. The highest BCUT2D eigenvalue weighted by Gasteiger charge is 2.21. The summed E-state index contributed by atoms with van der Waals surface area (Å²) >= 11 is 0. The lowest BCUT2D eigenvalue weighted by molar-refractivity contribution is -0.145. The van der Waals surface area contributed by atoms with Gasteiger partial charge in [0.05, 0.1) is 6.61 Å². The summed E-state index contributed by atoms with van der Waals surface area (Å²) in [5.41, 5.74) is 0.911. The third kappa shape index (κ3) is 5.27. The molecule has 0 aliphatic rings. The summed E-state index contributed by atoms with van der Waals surface area (Å²) < 4.78 is 11.3. The van der Waals surface area contributed by atoms with E-state index in [9.17, 15) is 9.90 Å². The van der Waals surface area contributed by atoms with Gasteiger partial charge in [0.2, 0.25) is 0 Å². The van der Waals surface area contributed by atoms with E-state index in [1.165, 1.54) is 0 Å². The zero-order chi connectivity index (χ0) is 15.7. The Morgan fingerprint density at radius 2 is 2.10 bits per heavy atom. The number of carboxylic acid groups (broad SMARTS) is 1. The molecule has 0 aromatic heterocycles. The van der Waals surface area contributed by atoms with Gasteiger partial charge in [0.25, 0.3) is 0 Å². The molecule has 2 N–H and O–H groups in total. The standard InChI is InChI=1S/C16H25NO4/c1-4-10-17-11-12-8-7-9-14(20-6-3)15(12)21-13(5-2)16(18)19/h7-9,13,17H,4-6,10-11H2,1-3H3,(H,18,19). The van der Waals surface area contributed by atoms with Gasteiger partial charge in [0.1, 0.15) is 0 Å². The molecular formula is C16H25NO4. The Bertz CT molecular complexity index is 448. The fraction of sp³-hybridized carbons (Fsp3) is 0.562. The molecular weight excluding hydrogens is 270 g/mol. The first-order chi connectivity index (χ1) is 10.1. The predicted octanol–water partition coefficient (Wildman–Crippen LogP) is 2.83. The minimum Gasteiger partial charge on any atom is -0.490 e. The zero-order valence-electron chi connectivity index (χ0n) is 13.0. The molecule has 0 aliphatic heterocycles. The molecule has 1 unspecified atom stereocenters. The molecule has 0 saturated heterocycles. The molecule has 0 aliphatic carbocycles. The normalized spacial score (nSPS) is 12.0. The van der Waals surface area contributed by atoms with Gasteiger partial charge in [0, 0.05) is 12.1 Å². The number of carboxylic acids is 1. The van der Waals surface area contributed by atoms with Gasteiger partial charge in [-0.2, -0.15) is 0 Å². The van der Waals surface area contributed by atoms with Crippen LogP contribution in [0, 0.1) is 0 Å². The first-order valence-electron chi connectivity index (χ1n) is 7.48. The van der Waals surface area contributed by atoms with Crippen molar-refractivity contribution >= 4 is 5.97 Å². The second-order valence-corrected chi connectivity index (χ2v) is 4.71. The monoisotopic (exact) mass is 295 g/mol. The molecule has 118 valence electrons. The molecule has 0 saturated carbocycles. The quantitative estimate of drug-likeness (QED) is 0.650. The van der Waals surface area contributed by atoms with Crippen molar-refractivity contribution in [3.63, 3.8) is 0 Å². The Kier molecular flexibility index (Phi) is 7.61. The molecule has 0 heterocycles. The Hall–Kier alpha value is -1.75. The van der Waals surface area contributed by atoms with Crippen molar-refractivity contribution in [1.82, 2.24) is 5.32 Å². The summed E-state index contributed by atoms with van der Waals surface area (Å²) in [4.78, 5) is 11.2. The maximum Gasteiger partial charge on any atom is 0.344 e. The number of aliphatic carboxylic acids is 1. The fourth-order valence-electron chi connectivity index (χ4n) is 1.95. The van der Waals surface area contributed by atoms with Crippen LogP contribution >= 0.6 is 0 Å². The van der Waals surface area contributed by atoms with E-state index >= 15 is 0 Å². The number of hydrogen-bond acceptors (Lipinski definition) is 4. The average Bonchev–Trinajstić information content (AvgIpc) is 2.46. The lowest BCUT2D eigenvalue weighted by atomic mass is 10.1. The van der Waals surface area contributed by atoms with Crippen LogP contribution in [0.1, 0.15) is 39.2 Å². The van der Waals surface area contributed by atoms with Gasteiger partial charge in [0.15, 0.2) is 17.6 Å². The summed E-state index contributed by atoms with van der Waals surface area (Å²) in [5.74, 6) is 0.154. The largest absolute Gasteiger partial charge is 0.490 e. The average molecular weight is 295 g/mol. The van der Waals surface area contributed by atoms with E-state index in [4.69, 9.17) is 9.47 Å². The van der Waals surface area contributed by atoms with Gasteiger partial charge >= 0.3 is 5.97 Å². The van der Waals surface area contributed by atoms with Crippen LogP contribution in [0.5, 0.6) is 11.5 Å². The summed E-state index contributed by atoms with van der Waals surface area (Å²) in [6.07, 6.45) is 0.572. The molecule has 1 atom stereocenters. The second kappa shape index (κ2) is 9.23. The number of benzene rings is 1. The zero-order valence-corrected chi connectivity index (χ0v) is 13.0. The lowest BCUT2D eigenvalue weighted by Crippen LogP contribution is -2.27. The predicted molar refractivity (Wildman–Crippen MR) is 82.0 cm³/mol. The van der Waals surface area contributed by atoms with Crippen LogP contribution in [0.15, 0.2) is 18.2 Å². The molecule has 21 heavy (non-hydrogen) atoms. The minimum absolute atomic E-state index is 0.400. The van der Waals surface area contributed by atoms with Gasteiger partial charge in [-0.15, -0.1) is 0 Å². The Morgan fingerprint density at radius 3 is 2.67 bits per heavy atom. The third-order valence-electron chi connectivity index (χ3n) is 3.01. The first-order valence-corrected chi connectivity index (χ1v) is 7.48. The highest BCUT2D eigenvalue weighted by molar-refractivity contribution is 5.73. The van der Waals surface area contributed by atoms with Crippen LogP contribution < -0.4 is 14.8 Å². The van der Waals surface area contributed by atoms with Gasteiger partial charge in [-0.25, -0.2) is 4.79 Å².